The molecule has 0 aliphatic carbocycles. The Kier molecular flexibility index (Phi) is 6.45. The van der Waals surface area contributed by atoms with Gasteiger partial charge < -0.3 is 14.8 Å². The van der Waals surface area contributed by atoms with E-state index in [-0.39, 0.29) is 11.9 Å². The molecule has 25 heavy (non-hydrogen) atoms. The number of morpholine rings is 1. The lowest BCUT2D eigenvalue weighted by Gasteiger charge is -2.38. The van der Waals surface area contributed by atoms with Gasteiger partial charge in [-0.25, -0.2) is 0 Å². The summed E-state index contributed by atoms with van der Waals surface area (Å²) in [5.41, 5.74) is 0.648. The minimum atomic E-state index is -0.460. The Morgan fingerprint density at radius 2 is 1.76 bits per heavy atom. The van der Waals surface area contributed by atoms with Crippen LogP contribution < -0.4 is 5.32 Å². The number of hydrogen-bond donors (Lipinski definition) is 1. The molecule has 0 radical (unpaired) electrons. The van der Waals surface area contributed by atoms with Gasteiger partial charge in [0.2, 0.25) is 5.91 Å². The van der Waals surface area contributed by atoms with Crippen LogP contribution in [0.25, 0.3) is 0 Å². The summed E-state index contributed by atoms with van der Waals surface area (Å²) in [4.78, 5) is 15.7. The van der Waals surface area contributed by atoms with Gasteiger partial charge >= 0.3 is 0 Å². The minimum absolute atomic E-state index is 0.155. The fourth-order valence-electron chi connectivity index (χ4n) is 3.82. The summed E-state index contributed by atoms with van der Waals surface area (Å²) in [6.45, 7) is 7.79. The zero-order chi connectivity index (χ0) is 17.5. The number of carbonyl (C=O) groups is 1. The van der Waals surface area contributed by atoms with Crippen LogP contribution >= 0.6 is 0 Å². The molecule has 5 nitrogen and oxygen atoms in total. The molecule has 138 valence electrons. The molecule has 1 aromatic carbocycles. The molecule has 1 atom stereocenters. The van der Waals surface area contributed by atoms with Crippen molar-refractivity contribution in [2.75, 3.05) is 46.1 Å². The van der Waals surface area contributed by atoms with E-state index in [1.165, 1.54) is 0 Å². The van der Waals surface area contributed by atoms with E-state index in [0.717, 1.165) is 57.7 Å². The smallest absolute Gasteiger partial charge is 0.231 e. The number of nitrogens with one attached hydrogen (secondary N) is 1. The number of carbonyl (C=O) groups excluding carboxylic acids is 1. The van der Waals surface area contributed by atoms with Crippen molar-refractivity contribution < 1.29 is 14.3 Å². The van der Waals surface area contributed by atoms with Gasteiger partial charge in [0.25, 0.3) is 0 Å². The van der Waals surface area contributed by atoms with Crippen molar-refractivity contribution in [1.29, 1.82) is 0 Å². The number of ether oxygens (including phenoxy) is 2. The van der Waals surface area contributed by atoms with Crippen LogP contribution in [0, 0.1) is 0 Å². The fourth-order valence-corrected chi connectivity index (χ4v) is 3.82. The molecule has 2 saturated heterocycles. The van der Waals surface area contributed by atoms with E-state index in [2.05, 4.69) is 29.3 Å². The third-order valence-corrected chi connectivity index (χ3v) is 5.52. The van der Waals surface area contributed by atoms with Gasteiger partial charge in [-0.2, -0.15) is 0 Å². The van der Waals surface area contributed by atoms with Gasteiger partial charge in [0.1, 0.15) is 0 Å². The van der Waals surface area contributed by atoms with Gasteiger partial charge in [-0.1, -0.05) is 37.3 Å². The molecule has 2 heterocycles. The maximum absolute atomic E-state index is 13.3. The molecular weight excluding hydrogens is 316 g/mol. The summed E-state index contributed by atoms with van der Waals surface area (Å²) in [6.07, 6.45) is 2.43. The van der Waals surface area contributed by atoms with Crippen molar-refractivity contribution in [2.45, 2.75) is 37.6 Å². The molecule has 1 aromatic rings. The van der Waals surface area contributed by atoms with E-state index in [1.54, 1.807) is 0 Å². The Morgan fingerprint density at radius 3 is 2.40 bits per heavy atom. The highest BCUT2D eigenvalue weighted by Gasteiger charge is 2.42. The predicted molar refractivity (Wildman–Crippen MR) is 97.7 cm³/mol. The lowest BCUT2D eigenvalue weighted by molar-refractivity contribution is -0.131. The van der Waals surface area contributed by atoms with E-state index in [9.17, 15) is 4.79 Å². The lowest BCUT2D eigenvalue weighted by Crippen LogP contribution is -2.54. The van der Waals surface area contributed by atoms with Crippen molar-refractivity contribution in [3.8, 4) is 0 Å². The van der Waals surface area contributed by atoms with Crippen LogP contribution in [0.5, 0.6) is 0 Å². The maximum Gasteiger partial charge on any atom is 0.231 e. The summed E-state index contributed by atoms with van der Waals surface area (Å²) in [5.74, 6) is 0.155. The number of nitrogens with zero attached hydrogens (tertiary/aromatic N) is 1. The van der Waals surface area contributed by atoms with Crippen LogP contribution in [-0.2, 0) is 19.7 Å². The third kappa shape index (κ3) is 4.40. The van der Waals surface area contributed by atoms with Gasteiger partial charge in [0, 0.05) is 38.9 Å². The molecule has 1 amide bonds. The Bertz CT molecular complexity index is 537. The quantitative estimate of drug-likeness (QED) is 0.856. The monoisotopic (exact) mass is 346 g/mol. The fraction of sp³-hybridized carbons (Fsp3) is 0.650. The topological polar surface area (TPSA) is 50.8 Å². The lowest BCUT2D eigenvalue weighted by atomic mass is 9.73. The molecule has 3 rings (SSSR count). The molecule has 0 saturated carbocycles. The molecule has 0 bridgehead atoms. The second-order valence-corrected chi connectivity index (χ2v) is 7.05. The SMILES string of the molecule is CC[C@@H](CN1CCOCC1)NC(=O)C1(c2ccccc2)CCOCC1. The number of amides is 1. The van der Waals surface area contributed by atoms with Crippen molar-refractivity contribution in [1.82, 2.24) is 10.2 Å². The predicted octanol–water partition coefficient (Wildman–Crippen LogP) is 1.96. The van der Waals surface area contributed by atoms with Crippen molar-refractivity contribution in [3.63, 3.8) is 0 Å². The van der Waals surface area contributed by atoms with Crippen LogP contribution in [0.3, 0.4) is 0 Å². The molecule has 2 fully saturated rings. The third-order valence-electron chi connectivity index (χ3n) is 5.52. The number of hydrogen-bond acceptors (Lipinski definition) is 4. The second kappa shape index (κ2) is 8.79. The normalized spacial score (nSPS) is 22.3. The van der Waals surface area contributed by atoms with Crippen LogP contribution in [0.2, 0.25) is 0 Å². The summed E-state index contributed by atoms with van der Waals surface area (Å²) in [5, 5.41) is 3.35. The highest BCUT2D eigenvalue weighted by molar-refractivity contribution is 5.88. The van der Waals surface area contributed by atoms with Gasteiger partial charge in [-0.05, 0) is 24.8 Å². The molecular formula is C20H30N2O3. The Morgan fingerprint density at radius 1 is 1.12 bits per heavy atom. The largest absolute Gasteiger partial charge is 0.381 e. The second-order valence-electron chi connectivity index (χ2n) is 7.05. The molecule has 2 aliphatic heterocycles. The maximum atomic E-state index is 13.3. The summed E-state index contributed by atoms with van der Waals surface area (Å²) in [7, 11) is 0. The molecule has 0 unspecified atom stereocenters. The van der Waals surface area contributed by atoms with Gasteiger partial charge in [-0.3, -0.25) is 9.69 Å². The van der Waals surface area contributed by atoms with E-state index in [0.29, 0.717) is 13.2 Å². The first kappa shape index (κ1) is 18.4. The Labute approximate surface area is 150 Å². The average molecular weight is 346 g/mol. The first-order valence-electron chi connectivity index (χ1n) is 9.49. The van der Waals surface area contributed by atoms with E-state index in [4.69, 9.17) is 9.47 Å². The van der Waals surface area contributed by atoms with Crippen molar-refractivity contribution in [3.05, 3.63) is 35.9 Å². The Balaban J connectivity index is 1.71. The Hall–Kier alpha value is -1.43. The van der Waals surface area contributed by atoms with Crippen LogP contribution in [-0.4, -0.2) is 62.9 Å². The van der Waals surface area contributed by atoms with Crippen LogP contribution in [0.4, 0.5) is 0 Å². The van der Waals surface area contributed by atoms with Crippen LogP contribution in [0.1, 0.15) is 31.7 Å². The van der Waals surface area contributed by atoms with Crippen molar-refractivity contribution in [2.24, 2.45) is 0 Å². The van der Waals surface area contributed by atoms with E-state index >= 15 is 0 Å². The molecule has 1 N–H and O–H groups in total. The first-order chi connectivity index (χ1) is 12.2. The first-order valence-corrected chi connectivity index (χ1v) is 9.49. The standard InChI is InChI=1S/C20H30N2O3/c1-2-18(16-22-10-14-25-15-11-22)21-19(23)20(8-12-24-13-9-20)17-6-4-3-5-7-17/h3-7,18H,2,8-16H2,1H3,(H,21,23)/t18-/m0/s1. The minimum Gasteiger partial charge on any atom is -0.381 e. The zero-order valence-corrected chi connectivity index (χ0v) is 15.2. The van der Waals surface area contributed by atoms with Crippen LogP contribution in [0.15, 0.2) is 30.3 Å². The zero-order valence-electron chi connectivity index (χ0n) is 15.2. The van der Waals surface area contributed by atoms with E-state index < -0.39 is 5.41 Å². The summed E-state index contributed by atoms with van der Waals surface area (Å²) < 4.78 is 11.0. The van der Waals surface area contributed by atoms with Crippen molar-refractivity contribution >= 4 is 5.91 Å². The molecule has 5 heteroatoms. The molecule has 2 aliphatic rings. The highest BCUT2D eigenvalue weighted by atomic mass is 16.5. The van der Waals surface area contributed by atoms with E-state index in [1.807, 2.05) is 18.2 Å². The number of rotatable bonds is 6. The summed E-state index contributed by atoms with van der Waals surface area (Å²) >= 11 is 0. The molecule has 0 aromatic heterocycles. The average Bonchev–Trinajstić information content (AvgIpc) is 2.69. The molecule has 0 spiro atoms. The number of benzene rings is 1. The highest BCUT2D eigenvalue weighted by Crippen LogP contribution is 2.35. The van der Waals surface area contributed by atoms with Gasteiger partial charge in [0.05, 0.1) is 18.6 Å². The van der Waals surface area contributed by atoms with Gasteiger partial charge in [-0.15, -0.1) is 0 Å². The summed E-state index contributed by atoms with van der Waals surface area (Å²) in [6, 6.07) is 10.4. The van der Waals surface area contributed by atoms with Gasteiger partial charge in [0.15, 0.2) is 0 Å².